The Morgan fingerprint density at radius 2 is 2.38 bits per heavy atom. The molecule has 0 atom stereocenters. The summed E-state index contributed by atoms with van der Waals surface area (Å²) in [5, 5.41) is 12.2. The molecule has 0 saturated carbocycles. The molecule has 0 fully saturated rings. The van der Waals surface area contributed by atoms with Crippen LogP contribution in [0.1, 0.15) is 16.3 Å². The van der Waals surface area contributed by atoms with Gasteiger partial charge in [-0.25, -0.2) is 4.79 Å². The van der Waals surface area contributed by atoms with Crippen LogP contribution in [-0.4, -0.2) is 23.3 Å². The second kappa shape index (κ2) is 4.19. The van der Waals surface area contributed by atoms with Crippen molar-refractivity contribution < 1.29 is 23.6 Å². The fourth-order valence-electron chi connectivity index (χ4n) is 1.23. The maximum atomic E-state index is 10.6. The van der Waals surface area contributed by atoms with E-state index in [2.05, 4.69) is 9.68 Å². The van der Waals surface area contributed by atoms with Crippen molar-refractivity contribution in [2.24, 2.45) is 0 Å². The molecular weight excluding hydrogens is 214 g/mol. The van der Waals surface area contributed by atoms with Crippen molar-refractivity contribution >= 4 is 5.97 Å². The van der Waals surface area contributed by atoms with Gasteiger partial charge in [0.1, 0.15) is 18.1 Å². The lowest BCUT2D eigenvalue weighted by Crippen LogP contribution is -1.91. The summed E-state index contributed by atoms with van der Waals surface area (Å²) in [6, 6.07) is 4.71. The van der Waals surface area contributed by atoms with E-state index >= 15 is 0 Å². The smallest absolute Gasteiger partial charge is 0.374 e. The normalized spacial score (nSPS) is 10.6. The van der Waals surface area contributed by atoms with Crippen LogP contribution in [0.4, 0.5) is 0 Å². The minimum absolute atomic E-state index is 0.223. The molecule has 0 aliphatic carbocycles. The zero-order valence-electron chi connectivity index (χ0n) is 8.47. The molecule has 0 aliphatic rings. The number of hydrogen-bond acceptors (Lipinski definition) is 5. The van der Waals surface area contributed by atoms with E-state index in [0.717, 1.165) is 0 Å². The fraction of sp³-hybridized carbons (Fsp3) is 0.200. The molecule has 2 rings (SSSR count). The number of rotatable bonds is 4. The average molecular weight is 223 g/mol. The second-order valence-electron chi connectivity index (χ2n) is 3.08. The number of nitrogens with zero attached hydrogens (tertiary/aromatic N) is 1. The molecule has 1 N–H and O–H groups in total. The van der Waals surface area contributed by atoms with Crippen LogP contribution in [0.25, 0.3) is 11.5 Å². The molecule has 0 aromatic carbocycles. The monoisotopic (exact) mass is 223 g/mol. The van der Waals surface area contributed by atoms with Crippen molar-refractivity contribution in [3.63, 3.8) is 0 Å². The van der Waals surface area contributed by atoms with Gasteiger partial charge in [-0.05, 0) is 12.1 Å². The summed E-state index contributed by atoms with van der Waals surface area (Å²) in [5.41, 5.74) is 0.347. The highest BCUT2D eigenvalue weighted by Gasteiger charge is 2.14. The van der Waals surface area contributed by atoms with Gasteiger partial charge in [-0.3, -0.25) is 0 Å². The Morgan fingerprint density at radius 1 is 1.56 bits per heavy atom. The minimum Gasteiger partial charge on any atom is -0.475 e. The van der Waals surface area contributed by atoms with Crippen LogP contribution in [-0.2, 0) is 11.3 Å². The Balaban J connectivity index is 2.24. The van der Waals surface area contributed by atoms with Gasteiger partial charge in [0.2, 0.25) is 5.76 Å². The van der Waals surface area contributed by atoms with Gasteiger partial charge in [0.15, 0.2) is 5.76 Å². The van der Waals surface area contributed by atoms with Crippen LogP contribution in [0.2, 0.25) is 0 Å². The van der Waals surface area contributed by atoms with Gasteiger partial charge < -0.3 is 18.8 Å². The predicted octanol–water partition coefficient (Wildman–Crippen LogP) is 1.78. The summed E-state index contributed by atoms with van der Waals surface area (Å²) < 4.78 is 14.9. The molecule has 0 spiro atoms. The molecule has 16 heavy (non-hydrogen) atoms. The Hall–Kier alpha value is -2.08. The van der Waals surface area contributed by atoms with E-state index in [1.165, 1.54) is 6.07 Å². The molecule has 84 valence electrons. The fourth-order valence-corrected chi connectivity index (χ4v) is 1.23. The number of hydrogen-bond donors (Lipinski definition) is 1. The minimum atomic E-state index is -1.16. The molecule has 0 saturated heterocycles. The number of aromatic carboxylic acids is 1. The highest BCUT2D eigenvalue weighted by molar-refractivity contribution is 5.85. The van der Waals surface area contributed by atoms with E-state index in [4.69, 9.17) is 14.3 Å². The third kappa shape index (κ3) is 1.96. The Labute approximate surface area is 90.4 Å². The highest BCUT2D eigenvalue weighted by Crippen LogP contribution is 2.22. The van der Waals surface area contributed by atoms with Crippen LogP contribution >= 0.6 is 0 Å². The standard InChI is InChI=1S/C10H9NO5/c1-14-5-6-2-3-8(15-6)7-4-9(10(12)13)16-11-7/h2-4H,5H2,1H3,(H,12,13). The number of carboxylic acids is 1. The lowest BCUT2D eigenvalue weighted by Gasteiger charge is -1.91. The van der Waals surface area contributed by atoms with Crippen molar-refractivity contribution in [2.75, 3.05) is 7.11 Å². The van der Waals surface area contributed by atoms with E-state index in [0.29, 0.717) is 23.8 Å². The van der Waals surface area contributed by atoms with E-state index < -0.39 is 5.97 Å². The van der Waals surface area contributed by atoms with Gasteiger partial charge in [-0.15, -0.1) is 0 Å². The number of aromatic nitrogens is 1. The van der Waals surface area contributed by atoms with Crippen molar-refractivity contribution in [1.82, 2.24) is 5.16 Å². The first-order valence-corrected chi connectivity index (χ1v) is 4.48. The first kappa shape index (κ1) is 10.4. The van der Waals surface area contributed by atoms with Crippen molar-refractivity contribution in [2.45, 2.75) is 6.61 Å². The maximum Gasteiger partial charge on any atom is 0.374 e. The van der Waals surface area contributed by atoms with E-state index in [1.54, 1.807) is 19.2 Å². The van der Waals surface area contributed by atoms with Crippen LogP contribution in [0.3, 0.4) is 0 Å². The summed E-state index contributed by atoms with van der Waals surface area (Å²) in [6.45, 7) is 0.351. The van der Waals surface area contributed by atoms with Gasteiger partial charge in [-0.1, -0.05) is 5.16 Å². The summed E-state index contributed by atoms with van der Waals surface area (Å²) in [7, 11) is 1.56. The summed E-state index contributed by atoms with van der Waals surface area (Å²) in [6.07, 6.45) is 0. The van der Waals surface area contributed by atoms with Crippen LogP contribution in [0, 0.1) is 0 Å². The van der Waals surface area contributed by atoms with Crippen LogP contribution in [0.5, 0.6) is 0 Å². The molecule has 6 nitrogen and oxygen atoms in total. The highest BCUT2D eigenvalue weighted by atomic mass is 16.5. The van der Waals surface area contributed by atoms with Crippen LogP contribution in [0.15, 0.2) is 27.1 Å². The third-order valence-electron chi connectivity index (χ3n) is 1.92. The lowest BCUT2D eigenvalue weighted by molar-refractivity contribution is 0.0652. The molecule has 0 unspecified atom stereocenters. The molecule has 0 radical (unpaired) electrons. The molecule has 2 aromatic heterocycles. The number of methoxy groups -OCH3 is 1. The van der Waals surface area contributed by atoms with Crippen molar-refractivity contribution in [1.29, 1.82) is 0 Å². The quantitative estimate of drug-likeness (QED) is 0.850. The topological polar surface area (TPSA) is 85.7 Å². The SMILES string of the molecule is COCc1ccc(-c2cc(C(=O)O)on2)o1. The predicted molar refractivity (Wildman–Crippen MR) is 51.9 cm³/mol. The van der Waals surface area contributed by atoms with Crippen molar-refractivity contribution in [3.8, 4) is 11.5 Å². The zero-order valence-corrected chi connectivity index (χ0v) is 8.47. The van der Waals surface area contributed by atoms with Gasteiger partial charge in [0, 0.05) is 13.2 Å². The Morgan fingerprint density at radius 3 is 3.00 bits per heavy atom. The Kier molecular flexibility index (Phi) is 2.74. The van der Waals surface area contributed by atoms with Gasteiger partial charge >= 0.3 is 5.97 Å². The second-order valence-corrected chi connectivity index (χ2v) is 3.08. The number of ether oxygens (including phenoxy) is 1. The first-order valence-electron chi connectivity index (χ1n) is 4.48. The largest absolute Gasteiger partial charge is 0.475 e. The van der Waals surface area contributed by atoms with Gasteiger partial charge in [0.05, 0.1) is 0 Å². The van der Waals surface area contributed by atoms with E-state index in [9.17, 15) is 4.79 Å². The molecule has 0 amide bonds. The molecule has 6 heteroatoms. The summed E-state index contributed by atoms with van der Waals surface area (Å²) in [5.74, 6) is -0.303. The lowest BCUT2D eigenvalue weighted by atomic mass is 10.3. The first-order chi connectivity index (χ1) is 7.70. The third-order valence-corrected chi connectivity index (χ3v) is 1.92. The number of carbonyl (C=O) groups is 1. The van der Waals surface area contributed by atoms with Gasteiger partial charge in [-0.2, -0.15) is 0 Å². The number of carboxylic acid groups (broad SMARTS) is 1. The molecule has 2 aromatic rings. The summed E-state index contributed by atoms with van der Waals surface area (Å²) in [4.78, 5) is 10.6. The van der Waals surface area contributed by atoms with Crippen molar-refractivity contribution in [3.05, 3.63) is 29.7 Å². The molecule has 2 heterocycles. The maximum absolute atomic E-state index is 10.6. The molecule has 0 aliphatic heterocycles. The van der Waals surface area contributed by atoms with Crippen LogP contribution < -0.4 is 0 Å². The number of furan rings is 1. The van der Waals surface area contributed by atoms with E-state index in [1.807, 2.05) is 0 Å². The summed E-state index contributed by atoms with van der Waals surface area (Å²) >= 11 is 0. The van der Waals surface area contributed by atoms with Gasteiger partial charge in [0.25, 0.3) is 0 Å². The zero-order chi connectivity index (χ0) is 11.5. The molecular formula is C10H9NO5. The van der Waals surface area contributed by atoms with E-state index in [-0.39, 0.29) is 5.76 Å². The Bertz CT molecular complexity index is 499. The average Bonchev–Trinajstić information content (AvgIpc) is 2.84. The molecule has 0 bridgehead atoms.